The van der Waals surface area contributed by atoms with E-state index in [1.54, 1.807) is 13.8 Å². The first kappa shape index (κ1) is 18.6. The fraction of sp³-hybridized carbons (Fsp3) is 0.263. The molecule has 0 atom stereocenters. The standard InChI is InChI=1S/C19H17N3O4S/c1-11(2)26-19(23)15-14(25-10-9-20)13-17(24-3)21-16(22-18(13)27-15)12-7-5-4-6-8-12/h4-8,11H,10H2,1-3H3. The number of rotatable bonds is 6. The summed E-state index contributed by atoms with van der Waals surface area (Å²) < 4.78 is 16.2. The van der Waals surface area contributed by atoms with Crippen LogP contribution in [0.2, 0.25) is 0 Å². The third kappa shape index (κ3) is 3.83. The minimum atomic E-state index is -0.538. The van der Waals surface area contributed by atoms with Crippen LogP contribution in [0.3, 0.4) is 0 Å². The number of hydrogen-bond donors (Lipinski definition) is 0. The second-order valence-corrected chi connectivity index (χ2v) is 6.76. The van der Waals surface area contributed by atoms with E-state index in [-0.39, 0.29) is 29.2 Å². The van der Waals surface area contributed by atoms with Gasteiger partial charge in [0.25, 0.3) is 0 Å². The van der Waals surface area contributed by atoms with Gasteiger partial charge in [0.2, 0.25) is 5.88 Å². The molecule has 27 heavy (non-hydrogen) atoms. The highest BCUT2D eigenvalue weighted by Crippen LogP contribution is 2.42. The molecule has 0 aliphatic rings. The first-order chi connectivity index (χ1) is 13.0. The van der Waals surface area contributed by atoms with Gasteiger partial charge in [-0.15, -0.1) is 11.3 Å². The quantitative estimate of drug-likeness (QED) is 0.597. The lowest BCUT2D eigenvalue weighted by Crippen LogP contribution is -2.11. The Morgan fingerprint density at radius 2 is 2.00 bits per heavy atom. The van der Waals surface area contributed by atoms with Gasteiger partial charge in [0, 0.05) is 5.56 Å². The van der Waals surface area contributed by atoms with E-state index in [4.69, 9.17) is 19.5 Å². The number of nitriles is 1. The van der Waals surface area contributed by atoms with Gasteiger partial charge in [-0.1, -0.05) is 30.3 Å². The van der Waals surface area contributed by atoms with Crippen molar-refractivity contribution in [3.63, 3.8) is 0 Å². The van der Waals surface area contributed by atoms with E-state index in [9.17, 15) is 4.79 Å². The molecule has 2 heterocycles. The van der Waals surface area contributed by atoms with Crippen molar-refractivity contribution in [2.24, 2.45) is 0 Å². The van der Waals surface area contributed by atoms with Gasteiger partial charge < -0.3 is 14.2 Å². The topological polar surface area (TPSA) is 94.3 Å². The van der Waals surface area contributed by atoms with E-state index in [0.29, 0.717) is 16.0 Å². The first-order valence-corrected chi connectivity index (χ1v) is 9.01. The SMILES string of the molecule is COc1nc(-c2ccccc2)nc2sc(C(=O)OC(C)C)c(OCC#N)c12. The smallest absolute Gasteiger partial charge is 0.352 e. The molecule has 7 nitrogen and oxygen atoms in total. The molecule has 0 unspecified atom stereocenters. The van der Waals surface area contributed by atoms with Crippen LogP contribution in [0.4, 0.5) is 0 Å². The summed E-state index contributed by atoms with van der Waals surface area (Å²) in [7, 11) is 1.48. The van der Waals surface area contributed by atoms with Gasteiger partial charge in [0.15, 0.2) is 23.1 Å². The highest BCUT2D eigenvalue weighted by atomic mass is 32.1. The molecule has 0 aliphatic carbocycles. The molecule has 0 aliphatic heterocycles. The number of carbonyl (C=O) groups excluding carboxylic acids is 1. The molecule has 3 rings (SSSR count). The molecule has 0 saturated carbocycles. The van der Waals surface area contributed by atoms with Crippen LogP contribution in [0.25, 0.3) is 21.6 Å². The van der Waals surface area contributed by atoms with Gasteiger partial charge in [0.1, 0.15) is 16.3 Å². The van der Waals surface area contributed by atoms with E-state index in [2.05, 4.69) is 9.97 Å². The summed E-state index contributed by atoms with van der Waals surface area (Å²) in [5.74, 6) is 0.409. The molecule has 138 valence electrons. The Morgan fingerprint density at radius 3 is 2.63 bits per heavy atom. The first-order valence-electron chi connectivity index (χ1n) is 8.19. The van der Waals surface area contributed by atoms with Crippen LogP contribution in [0.1, 0.15) is 23.5 Å². The van der Waals surface area contributed by atoms with Crippen LogP contribution in [0.15, 0.2) is 30.3 Å². The molecule has 2 aromatic heterocycles. The summed E-state index contributed by atoms with van der Waals surface area (Å²) in [4.78, 5) is 22.3. The predicted octanol–water partition coefficient (Wildman–Crippen LogP) is 3.83. The molecule has 0 fully saturated rings. The number of nitrogens with zero attached hydrogens (tertiary/aromatic N) is 3. The highest BCUT2D eigenvalue weighted by Gasteiger charge is 2.27. The highest BCUT2D eigenvalue weighted by molar-refractivity contribution is 7.20. The molecule has 0 bridgehead atoms. The summed E-state index contributed by atoms with van der Waals surface area (Å²) in [5.41, 5.74) is 0.817. The lowest BCUT2D eigenvalue weighted by Gasteiger charge is -2.09. The van der Waals surface area contributed by atoms with Crippen LogP contribution in [-0.4, -0.2) is 35.8 Å². The Bertz CT molecular complexity index is 1010. The summed E-state index contributed by atoms with van der Waals surface area (Å²) in [6, 6.07) is 11.3. The number of ether oxygens (including phenoxy) is 3. The zero-order chi connectivity index (χ0) is 19.4. The summed E-state index contributed by atoms with van der Waals surface area (Å²) in [6.45, 7) is 3.29. The molecule has 0 N–H and O–H groups in total. The zero-order valence-electron chi connectivity index (χ0n) is 15.1. The molecular formula is C19H17N3O4S. The lowest BCUT2D eigenvalue weighted by atomic mass is 10.2. The number of esters is 1. The maximum Gasteiger partial charge on any atom is 0.352 e. The zero-order valence-corrected chi connectivity index (χ0v) is 15.9. The Balaban J connectivity index is 2.21. The Labute approximate surface area is 160 Å². The number of thiophene rings is 1. The molecule has 0 radical (unpaired) electrons. The fourth-order valence-electron chi connectivity index (χ4n) is 2.45. The van der Waals surface area contributed by atoms with Crippen molar-refractivity contribution in [1.82, 2.24) is 9.97 Å². The van der Waals surface area contributed by atoms with Crippen molar-refractivity contribution >= 4 is 27.5 Å². The summed E-state index contributed by atoms with van der Waals surface area (Å²) in [5, 5.41) is 9.33. The molecule has 1 aromatic carbocycles. The fourth-order valence-corrected chi connectivity index (χ4v) is 3.45. The third-order valence-corrected chi connectivity index (χ3v) is 4.55. The van der Waals surface area contributed by atoms with Gasteiger partial charge in [-0.3, -0.25) is 0 Å². The molecule has 0 saturated heterocycles. The minimum Gasteiger partial charge on any atom is -0.480 e. The largest absolute Gasteiger partial charge is 0.480 e. The van der Waals surface area contributed by atoms with Crippen molar-refractivity contribution in [3.05, 3.63) is 35.2 Å². The number of fused-ring (bicyclic) bond motifs is 1. The molecule has 0 amide bonds. The minimum absolute atomic E-state index is 0.207. The summed E-state index contributed by atoms with van der Waals surface area (Å²) >= 11 is 1.12. The Kier molecular flexibility index (Phi) is 5.52. The second kappa shape index (κ2) is 8.01. The monoisotopic (exact) mass is 383 g/mol. The van der Waals surface area contributed by atoms with Gasteiger partial charge in [-0.2, -0.15) is 10.2 Å². The maximum atomic E-state index is 12.5. The van der Waals surface area contributed by atoms with Gasteiger partial charge in [-0.25, -0.2) is 9.78 Å². The van der Waals surface area contributed by atoms with Crippen LogP contribution >= 0.6 is 11.3 Å². The van der Waals surface area contributed by atoms with E-state index in [1.807, 2.05) is 36.4 Å². The average molecular weight is 383 g/mol. The number of aromatic nitrogens is 2. The number of carbonyl (C=O) groups is 1. The molecule has 8 heteroatoms. The van der Waals surface area contributed by atoms with E-state index >= 15 is 0 Å². The average Bonchev–Trinajstić information content (AvgIpc) is 3.04. The van der Waals surface area contributed by atoms with Crippen molar-refractivity contribution in [2.75, 3.05) is 13.7 Å². The number of hydrogen-bond acceptors (Lipinski definition) is 8. The van der Waals surface area contributed by atoms with Crippen molar-refractivity contribution in [1.29, 1.82) is 5.26 Å². The number of benzene rings is 1. The van der Waals surface area contributed by atoms with Gasteiger partial charge in [-0.05, 0) is 13.8 Å². The maximum absolute atomic E-state index is 12.5. The predicted molar refractivity (Wildman–Crippen MR) is 101 cm³/mol. The number of methoxy groups -OCH3 is 1. The van der Waals surface area contributed by atoms with E-state index < -0.39 is 5.97 Å². The summed E-state index contributed by atoms with van der Waals surface area (Å²) in [6.07, 6.45) is -0.292. The Morgan fingerprint density at radius 1 is 1.26 bits per heavy atom. The molecule has 0 spiro atoms. The Hall–Kier alpha value is -3.18. The van der Waals surface area contributed by atoms with Crippen molar-refractivity contribution in [3.8, 4) is 29.1 Å². The van der Waals surface area contributed by atoms with Crippen LogP contribution in [0, 0.1) is 11.3 Å². The lowest BCUT2D eigenvalue weighted by molar-refractivity contribution is 0.0380. The van der Waals surface area contributed by atoms with Crippen molar-refractivity contribution < 1.29 is 19.0 Å². The van der Waals surface area contributed by atoms with E-state index in [0.717, 1.165) is 16.9 Å². The van der Waals surface area contributed by atoms with Crippen LogP contribution in [-0.2, 0) is 4.74 Å². The normalized spacial score (nSPS) is 10.6. The van der Waals surface area contributed by atoms with Crippen molar-refractivity contribution in [2.45, 2.75) is 20.0 Å². The van der Waals surface area contributed by atoms with Gasteiger partial charge >= 0.3 is 5.97 Å². The molecule has 3 aromatic rings. The molecular weight excluding hydrogens is 366 g/mol. The van der Waals surface area contributed by atoms with Crippen LogP contribution < -0.4 is 9.47 Å². The van der Waals surface area contributed by atoms with Crippen LogP contribution in [0.5, 0.6) is 11.6 Å². The second-order valence-electron chi connectivity index (χ2n) is 5.76. The van der Waals surface area contributed by atoms with E-state index in [1.165, 1.54) is 7.11 Å². The third-order valence-electron chi connectivity index (χ3n) is 3.51. The van der Waals surface area contributed by atoms with Gasteiger partial charge in [0.05, 0.1) is 13.2 Å².